The van der Waals surface area contributed by atoms with Crippen LogP contribution in [-0.4, -0.2) is 18.2 Å². The first-order chi connectivity index (χ1) is 17.1. The van der Waals surface area contributed by atoms with E-state index in [2.05, 4.69) is 33.8 Å². The van der Waals surface area contributed by atoms with Crippen LogP contribution in [0.15, 0.2) is 60.7 Å². The highest BCUT2D eigenvalue weighted by Gasteiger charge is 2.41. The summed E-state index contributed by atoms with van der Waals surface area (Å²) in [6, 6.07) is 18.6. The smallest absolute Gasteiger partial charge is 0.303 e. The van der Waals surface area contributed by atoms with Gasteiger partial charge in [0.15, 0.2) is 0 Å². The van der Waals surface area contributed by atoms with Crippen molar-refractivity contribution in [1.29, 1.82) is 0 Å². The molecule has 0 spiro atoms. The molecule has 3 aromatic carbocycles. The maximum atomic E-state index is 14.8. The average Bonchev–Trinajstić information content (AvgIpc) is 3.57. The van der Waals surface area contributed by atoms with Gasteiger partial charge in [-0.15, -0.1) is 0 Å². The number of hydrogen-bond donors (Lipinski definition) is 1. The number of benzene rings is 3. The number of methoxy groups -OCH3 is 1. The predicted octanol–water partition coefficient (Wildman–Crippen LogP) is 7.59. The van der Waals surface area contributed by atoms with Gasteiger partial charge < -0.3 is 14.6 Å². The Bertz CT molecular complexity index is 1240. The van der Waals surface area contributed by atoms with E-state index in [0.717, 1.165) is 34.4 Å². The predicted molar refractivity (Wildman–Crippen MR) is 140 cm³/mol. The van der Waals surface area contributed by atoms with Gasteiger partial charge in [0.1, 0.15) is 23.9 Å². The normalized spacial score (nSPS) is 17.9. The Kier molecular flexibility index (Phi) is 7.39. The number of rotatable bonds is 9. The lowest BCUT2D eigenvalue weighted by molar-refractivity contribution is -0.137. The molecule has 0 bridgehead atoms. The molecule has 0 saturated heterocycles. The SMILES string of the molecule is COc1ccc(F)c(-c2ccc(COc3cccc([C@@H](CC(=O)O)[C@@H]4C[C@H]4C)c3)cc2C(C)(C)C)c1. The Labute approximate surface area is 213 Å². The van der Waals surface area contributed by atoms with E-state index in [1.165, 1.54) is 6.07 Å². The minimum Gasteiger partial charge on any atom is -0.497 e. The number of aliphatic carboxylic acids is 1. The van der Waals surface area contributed by atoms with Crippen LogP contribution in [0.2, 0.25) is 0 Å². The van der Waals surface area contributed by atoms with Crippen molar-refractivity contribution in [3.05, 3.63) is 83.2 Å². The highest BCUT2D eigenvalue weighted by Crippen LogP contribution is 2.50. The van der Waals surface area contributed by atoms with Crippen LogP contribution in [0.25, 0.3) is 11.1 Å². The van der Waals surface area contributed by atoms with Gasteiger partial charge in [-0.25, -0.2) is 4.39 Å². The molecule has 3 aromatic rings. The van der Waals surface area contributed by atoms with Crippen molar-refractivity contribution in [3.63, 3.8) is 0 Å². The zero-order valence-corrected chi connectivity index (χ0v) is 21.7. The van der Waals surface area contributed by atoms with Crippen LogP contribution in [0.1, 0.15) is 63.1 Å². The number of ether oxygens (including phenoxy) is 2. The first kappa shape index (κ1) is 25.7. The van der Waals surface area contributed by atoms with Crippen molar-refractivity contribution in [3.8, 4) is 22.6 Å². The maximum absolute atomic E-state index is 14.8. The van der Waals surface area contributed by atoms with Gasteiger partial charge >= 0.3 is 5.97 Å². The second-order valence-electron chi connectivity index (χ2n) is 10.9. The molecule has 0 aromatic heterocycles. The quantitative estimate of drug-likeness (QED) is 0.336. The van der Waals surface area contributed by atoms with Crippen LogP contribution in [0.3, 0.4) is 0 Å². The highest BCUT2D eigenvalue weighted by molar-refractivity contribution is 5.71. The third-order valence-electron chi connectivity index (χ3n) is 7.13. The Hall–Kier alpha value is -3.34. The maximum Gasteiger partial charge on any atom is 0.303 e. The Morgan fingerprint density at radius 2 is 1.81 bits per heavy atom. The summed E-state index contributed by atoms with van der Waals surface area (Å²) >= 11 is 0. The molecule has 0 heterocycles. The van der Waals surface area contributed by atoms with Gasteiger partial charge in [-0.2, -0.15) is 0 Å². The van der Waals surface area contributed by atoms with E-state index >= 15 is 0 Å². The Balaban J connectivity index is 1.58. The molecular formula is C31H35FO4. The summed E-state index contributed by atoms with van der Waals surface area (Å²) in [4.78, 5) is 11.5. The standard InChI is InChI=1S/C31H35FO4/c1-19-13-25(19)26(17-30(33)34)21-7-6-8-23(15-21)36-18-20-9-11-24(28(14-20)31(2,3)4)27-16-22(35-5)10-12-29(27)32/h6-12,14-16,19,25-26H,13,17-18H2,1-5H3,(H,33,34)/t19-,25-,26-/m1/s1. The summed E-state index contributed by atoms with van der Waals surface area (Å²) in [7, 11) is 1.58. The fourth-order valence-corrected chi connectivity index (χ4v) is 4.99. The van der Waals surface area contributed by atoms with E-state index in [9.17, 15) is 14.3 Å². The summed E-state index contributed by atoms with van der Waals surface area (Å²) < 4.78 is 26.2. The van der Waals surface area contributed by atoms with Crippen molar-refractivity contribution in [2.24, 2.45) is 11.8 Å². The molecule has 0 radical (unpaired) electrons. The third-order valence-corrected chi connectivity index (χ3v) is 7.13. The first-order valence-corrected chi connectivity index (χ1v) is 12.5. The van der Waals surface area contributed by atoms with Crippen LogP contribution >= 0.6 is 0 Å². The molecule has 0 amide bonds. The van der Waals surface area contributed by atoms with E-state index in [0.29, 0.717) is 29.8 Å². The van der Waals surface area contributed by atoms with Gasteiger partial charge in [0.25, 0.3) is 0 Å². The Morgan fingerprint density at radius 1 is 1.06 bits per heavy atom. The van der Waals surface area contributed by atoms with Gasteiger partial charge in [-0.05, 0) is 82.2 Å². The van der Waals surface area contributed by atoms with Gasteiger partial charge in [0, 0.05) is 5.56 Å². The monoisotopic (exact) mass is 490 g/mol. The lowest BCUT2D eigenvalue weighted by Gasteiger charge is -2.25. The van der Waals surface area contributed by atoms with Crippen molar-refractivity contribution < 1.29 is 23.8 Å². The molecule has 5 heteroatoms. The summed E-state index contributed by atoms with van der Waals surface area (Å²) in [6.07, 6.45) is 1.20. The van der Waals surface area contributed by atoms with E-state index in [1.807, 2.05) is 36.4 Å². The number of halogens is 1. The summed E-state index contributed by atoms with van der Waals surface area (Å²) in [6.45, 7) is 8.86. The largest absolute Gasteiger partial charge is 0.497 e. The molecule has 1 aliphatic carbocycles. The van der Waals surface area contributed by atoms with E-state index in [4.69, 9.17) is 9.47 Å². The number of carboxylic acid groups (broad SMARTS) is 1. The molecule has 4 nitrogen and oxygen atoms in total. The summed E-state index contributed by atoms with van der Waals surface area (Å²) in [5.41, 5.74) is 4.15. The van der Waals surface area contributed by atoms with Crippen molar-refractivity contribution in [2.45, 2.75) is 58.5 Å². The third kappa shape index (κ3) is 5.89. The molecule has 1 aliphatic rings. The second kappa shape index (κ2) is 10.3. The van der Waals surface area contributed by atoms with Gasteiger partial charge in [0.05, 0.1) is 13.5 Å². The molecule has 1 fully saturated rings. The number of carboxylic acids is 1. The van der Waals surface area contributed by atoms with Crippen LogP contribution in [0, 0.1) is 17.7 Å². The fourth-order valence-electron chi connectivity index (χ4n) is 4.99. The van der Waals surface area contributed by atoms with Crippen molar-refractivity contribution in [1.82, 2.24) is 0 Å². The molecule has 0 aliphatic heterocycles. The van der Waals surface area contributed by atoms with Gasteiger partial charge in [-0.3, -0.25) is 4.79 Å². The van der Waals surface area contributed by atoms with E-state index < -0.39 is 5.97 Å². The Morgan fingerprint density at radius 3 is 2.44 bits per heavy atom. The second-order valence-corrected chi connectivity index (χ2v) is 10.9. The molecule has 36 heavy (non-hydrogen) atoms. The molecule has 0 unspecified atom stereocenters. The minimum atomic E-state index is -0.771. The summed E-state index contributed by atoms with van der Waals surface area (Å²) in [5, 5.41) is 9.41. The van der Waals surface area contributed by atoms with Crippen LogP contribution in [0.5, 0.6) is 11.5 Å². The molecule has 1 N–H and O–H groups in total. The van der Waals surface area contributed by atoms with Crippen LogP contribution in [-0.2, 0) is 16.8 Å². The van der Waals surface area contributed by atoms with Gasteiger partial charge in [0.2, 0.25) is 0 Å². The fraction of sp³-hybridized carbons (Fsp3) is 0.387. The lowest BCUT2D eigenvalue weighted by atomic mass is 9.81. The highest BCUT2D eigenvalue weighted by atomic mass is 19.1. The molecule has 190 valence electrons. The van der Waals surface area contributed by atoms with E-state index in [-0.39, 0.29) is 23.6 Å². The lowest BCUT2D eigenvalue weighted by Crippen LogP contribution is -2.14. The van der Waals surface area contributed by atoms with Crippen LogP contribution < -0.4 is 9.47 Å². The van der Waals surface area contributed by atoms with Crippen molar-refractivity contribution in [2.75, 3.05) is 7.11 Å². The minimum absolute atomic E-state index is 0.00517. The molecular weight excluding hydrogens is 455 g/mol. The molecule has 4 rings (SSSR count). The van der Waals surface area contributed by atoms with E-state index in [1.54, 1.807) is 19.2 Å². The zero-order chi connectivity index (χ0) is 26.0. The summed E-state index contributed by atoms with van der Waals surface area (Å²) in [5.74, 6) is 1.25. The number of hydrogen-bond acceptors (Lipinski definition) is 3. The first-order valence-electron chi connectivity index (χ1n) is 12.5. The van der Waals surface area contributed by atoms with Crippen molar-refractivity contribution >= 4 is 5.97 Å². The van der Waals surface area contributed by atoms with Gasteiger partial charge in [-0.1, -0.05) is 58.0 Å². The zero-order valence-electron chi connectivity index (χ0n) is 21.7. The average molecular weight is 491 g/mol. The van der Waals surface area contributed by atoms with Crippen LogP contribution in [0.4, 0.5) is 4.39 Å². The molecule has 3 atom stereocenters. The number of carbonyl (C=O) groups is 1. The molecule has 1 saturated carbocycles. The topological polar surface area (TPSA) is 55.8 Å².